The quantitative estimate of drug-likeness (QED) is 0.460. The van der Waals surface area contributed by atoms with Gasteiger partial charge in [-0.2, -0.15) is 0 Å². The van der Waals surface area contributed by atoms with Crippen molar-refractivity contribution in [1.29, 1.82) is 0 Å². The van der Waals surface area contributed by atoms with E-state index < -0.39 is 0 Å². The number of hydrogen-bond acceptors (Lipinski definition) is 0. The first-order chi connectivity index (χ1) is 11.9. The normalized spacial score (nSPS) is 42.1. The fraction of sp³-hybridized carbons (Fsp3) is 0.680. The van der Waals surface area contributed by atoms with Crippen LogP contribution in [0.1, 0.15) is 79.1 Å². The highest BCUT2D eigenvalue weighted by molar-refractivity contribution is 5.36. The number of hydrogen-bond donors (Lipinski definition) is 0. The zero-order valence-electron chi connectivity index (χ0n) is 17.0. The van der Waals surface area contributed by atoms with E-state index in [0.29, 0.717) is 10.8 Å². The second kappa shape index (κ2) is 6.93. The molecule has 2 saturated carbocycles. The highest BCUT2D eigenvalue weighted by Gasteiger charge is 2.56. The summed E-state index contributed by atoms with van der Waals surface area (Å²) in [6, 6.07) is 0. The van der Waals surface area contributed by atoms with E-state index >= 15 is 0 Å². The van der Waals surface area contributed by atoms with Gasteiger partial charge in [0.25, 0.3) is 0 Å². The van der Waals surface area contributed by atoms with E-state index in [9.17, 15) is 0 Å². The summed E-state index contributed by atoms with van der Waals surface area (Å²) in [4.78, 5) is 0. The first-order valence-electron chi connectivity index (χ1n) is 10.6. The van der Waals surface area contributed by atoms with Gasteiger partial charge in [-0.25, -0.2) is 0 Å². The minimum atomic E-state index is 0.415. The monoisotopic (exact) mass is 338 g/mol. The molecular formula is C25H38. The van der Waals surface area contributed by atoms with Crippen LogP contribution in [0.15, 0.2) is 48.1 Å². The van der Waals surface area contributed by atoms with Crippen molar-refractivity contribution in [2.24, 2.45) is 28.6 Å². The lowest BCUT2D eigenvalue weighted by Gasteiger charge is -2.58. The van der Waals surface area contributed by atoms with Gasteiger partial charge in [-0.3, -0.25) is 0 Å². The molecule has 0 N–H and O–H groups in total. The third-order valence-electron chi connectivity index (χ3n) is 7.94. The van der Waals surface area contributed by atoms with Crippen molar-refractivity contribution in [3.63, 3.8) is 0 Å². The third kappa shape index (κ3) is 2.90. The fourth-order valence-electron chi connectivity index (χ4n) is 6.57. The Morgan fingerprint density at radius 2 is 1.80 bits per heavy atom. The second-order valence-electron chi connectivity index (χ2n) is 9.42. The smallest absolute Gasteiger partial charge is 0.00446 e. The molecule has 5 unspecified atom stereocenters. The van der Waals surface area contributed by atoms with Gasteiger partial charge < -0.3 is 0 Å². The van der Waals surface area contributed by atoms with Gasteiger partial charge in [-0.15, -0.1) is 0 Å². The number of allylic oxidation sites excluding steroid dienone is 6. The predicted molar refractivity (Wildman–Crippen MR) is 110 cm³/mol. The Balaban J connectivity index is 0.000000569. The zero-order chi connectivity index (χ0) is 18.2. The van der Waals surface area contributed by atoms with Crippen molar-refractivity contribution in [2.75, 3.05) is 0 Å². The Bertz CT molecular complexity index is 604. The van der Waals surface area contributed by atoms with Crippen molar-refractivity contribution in [2.45, 2.75) is 79.1 Å². The maximum atomic E-state index is 4.23. The highest BCUT2D eigenvalue weighted by atomic mass is 14.6. The lowest BCUT2D eigenvalue weighted by molar-refractivity contribution is -0.0257. The largest absolute Gasteiger partial charge is 0.0988 e. The van der Waals surface area contributed by atoms with Gasteiger partial charge in [0, 0.05) is 0 Å². The third-order valence-corrected chi connectivity index (χ3v) is 7.94. The zero-order valence-corrected chi connectivity index (χ0v) is 17.0. The molecule has 0 nitrogen and oxygen atoms in total. The van der Waals surface area contributed by atoms with E-state index in [1.165, 1.54) is 56.9 Å². The summed E-state index contributed by atoms with van der Waals surface area (Å²) in [5, 5.41) is 0. The van der Waals surface area contributed by atoms with E-state index in [-0.39, 0.29) is 0 Å². The van der Waals surface area contributed by atoms with Gasteiger partial charge in [0.2, 0.25) is 0 Å². The summed E-state index contributed by atoms with van der Waals surface area (Å²) >= 11 is 0. The van der Waals surface area contributed by atoms with Gasteiger partial charge in [0.15, 0.2) is 0 Å². The van der Waals surface area contributed by atoms with E-state index in [4.69, 9.17) is 0 Å². The van der Waals surface area contributed by atoms with Gasteiger partial charge in [0.05, 0.1) is 0 Å². The Morgan fingerprint density at radius 3 is 2.48 bits per heavy atom. The first-order valence-corrected chi connectivity index (χ1v) is 10.6. The summed E-state index contributed by atoms with van der Waals surface area (Å²) in [7, 11) is 0. The van der Waals surface area contributed by atoms with Gasteiger partial charge >= 0.3 is 0 Å². The molecule has 5 atom stereocenters. The summed E-state index contributed by atoms with van der Waals surface area (Å²) in [5.74, 6) is 2.68. The number of fused-ring (bicyclic) bond motifs is 5. The topological polar surface area (TPSA) is 0 Å². The Hall–Kier alpha value is -1.04. The fourth-order valence-corrected chi connectivity index (χ4v) is 6.57. The van der Waals surface area contributed by atoms with Crippen LogP contribution in [0.2, 0.25) is 0 Å². The second-order valence-corrected chi connectivity index (χ2v) is 9.42. The summed E-state index contributed by atoms with van der Waals surface area (Å²) < 4.78 is 0. The molecule has 0 bridgehead atoms. The molecule has 138 valence electrons. The Labute approximate surface area is 156 Å². The van der Waals surface area contributed by atoms with Crippen molar-refractivity contribution < 1.29 is 0 Å². The molecule has 0 aromatic rings. The Kier molecular flexibility index (Phi) is 5.20. The number of rotatable bonds is 1. The molecule has 0 aliphatic heterocycles. The molecule has 0 radical (unpaired) electrons. The van der Waals surface area contributed by atoms with Gasteiger partial charge in [-0.1, -0.05) is 76.6 Å². The van der Waals surface area contributed by atoms with E-state index in [0.717, 1.165) is 17.8 Å². The van der Waals surface area contributed by atoms with E-state index in [1.54, 1.807) is 11.1 Å². The van der Waals surface area contributed by atoms with Crippen LogP contribution in [0, 0.1) is 28.6 Å². The standard InChI is InChI=1S/C22H30.C3H8/c1-5-16-7-9-19-18-8-6-17-14-15(2)10-12-22(17,4)20(18)11-13-21(16,19)3;1-3-2/h5,7,14,18-20H,1-2,6,8-13H2,3-4H3;3H2,1-2H3. The molecule has 0 heteroatoms. The average molecular weight is 339 g/mol. The molecule has 2 fully saturated rings. The molecular weight excluding hydrogens is 300 g/mol. The SMILES string of the molecule is C=CC1=CCC2C3CCC4=CC(=C)CCC4(C)C3CCC12C.CCC. The molecule has 0 heterocycles. The highest BCUT2D eigenvalue weighted by Crippen LogP contribution is 2.65. The molecule has 25 heavy (non-hydrogen) atoms. The van der Waals surface area contributed by atoms with Crippen molar-refractivity contribution in [3.05, 3.63) is 48.1 Å². The molecule has 0 aromatic heterocycles. The van der Waals surface area contributed by atoms with Gasteiger partial charge in [-0.05, 0) is 79.1 Å². The van der Waals surface area contributed by atoms with E-state index in [2.05, 4.69) is 59.1 Å². The van der Waals surface area contributed by atoms with Gasteiger partial charge in [0.1, 0.15) is 0 Å². The molecule has 0 saturated heterocycles. The maximum Gasteiger partial charge on any atom is -0.00446 e. The predicted octanol–water partition coefficient (Wildman–Crippen LogP) is 7.64. The van der Waals surface area contributed by atoms with Crippen LogP contribution < -0.4 is 0 Å². The van der Waals surface area contributed by atoms with Crippen molar-refractivity contribution in [1.82, 2.24) is 0 Å². The molecule has 0 aromatic carbocycles. The minimum Gasteiger partial charge on any atom is -0.0988 e. The van der Waals surface area contributed by atoms with Crippen LogP contribution in [-0.4, -0.2) is 0 Å². The van der Waals surface area contributed by atoms with Crippen LogP contribution in [-0.2, 0) is 0 Å². The first kappa shape index (κ1) is 18.7. The van der Waals surface area contributed by atoms with Crippen LogP contribution in [0.5, 0.6) is 0 Å². The van der Waals surface area contributed by atoms with Crippen LogP contribution in [0.25, 0.3) is 0 Å². The molecule has 4 aliphatic carbocycles. The van der Waals surface area contributed by atoms with Crippen molar-refractivity contribution >= 4 is 0 Å². The lowest BCUT2D eigenvalue weighted by atomic mass is 9.47. The molecule has 4 rings (SSSR count). The van der Waals surface area contributed by atoms with Crippen LogP contribution in [0.4, 0.5) is 0 Å². The Morgan fingerprint density at radius 1 is 1.08 bits per heavy atom. The lowest BCUT2D eigenvalue weighted by Crippen LogP contribution is -2.49. The minimum absolute atomic E-state index is 0.415. The molecule has 0 spiro atoms. The van der Waals surface area contributed by atoms with Crippen LogP contribution in [0.3, 0.4) is 0 Å². The maximum absolute atomic E-state index is 4.23. The molecule has 4 aliphatic rings. The summed E-state index contributed by atoms with van der Waals surface area (Å²) in [6.45, 7) is 17.7. The van der Waals surface area contributed by atoms with Crippen molar-refractivity contribution in [3.8, 4) is 0 Å². The van der Waals surface area contributed by atoms with Crippen LogP contribution >= 0.6 is 0 Å². The van der Waals surface area contributed by atoms with E-state index in [1.807, 2.05) is 0 Å². The summed E-state index contributed by atoms with van der Waals surface area (Å²) in [5.41, 5.74) is 5.51. The molecule has 0 amide bonds. The average Bonchev–Trinajstić information content (AvgIpc) is 2.92. The summed E-state index contributed by atoms with van der Waals surface area (Å²) in [6.07, 6.45) is 17.7.